The molecule has 1 aliphatic rings. The lowest BCUT2D eigenvalue weighted by atomic mass is 10.1. The van der Waals surface area contributed by atoms with Crippen molar-refractivity contribution in [1.82, 2.24) is 19.0 Å². The van der Waals surface area contributed by atoms with Crippen molar-refractivity contribution < 1.29 is 9.53 Å². The summed E-state index contributed by atoms with van der Waals surface area (Å²) in [7, 11) is 0. The Morgan fingerprint density at radius 3 is 2.71 bits per heavy atom. The van der Waals surface area contributed by atoms with Gasteiger partial charge < -0.3 is 9.64 Å². The van der Waals surface area contributed by atoms with E-state index in [1.165, 1.54) is 15.9 Å². The van der Waals surface area contributed by atoms with Gasteiger partial charge in [-0.1, -0.05) is 17.7 Å². The molecule has 8 nitrogen and oxygen atoms in total. The zero-order chi connectivity index (χ0) is 23.8. The highest BCUT2D eigenvalue weighted by atomic mass is 35.5. The van der Waals surface area contributed by atoms with E-state index in [9.17, 15) is 14.4 Å². The van der Waals surface area contributed by atoms with Crippen LogP contribution in [0.3, 0.4) is 0 Å². The summed E-state index contributed by atoms with van der Waals surface area (Å²) in [5.74, 6) is 0. The van der Waals surface area contributed by atoms with E-state index in [1.54, 1.807) is 53.0 Å². The van der Waals surface area contributed by atoms with Crippen LogP contribution in [0.2, 0.25) is 5.02 Å². The van der Waals surface area contributed by atoms with Gasteiger partial charge >= 0.3 is 11.8 Å². The van der Waals surface area contributed by atoms with Gasteiger partial charge in [0.05, 0.1) is 30.8 Å². The van der Waals surface area contributed by atoms with Gasteiger partial charge in [0.25, 0.3) is 5.56 Å². The number of fused-ring (bicyclic) bond motifs is 3. The molecule has 0 fully saturated rings. The highest BCUT2D eigenvalue weighted by molar-refractivity contribution is 7.18. The fraction of sp³-hybridized carbons (Fsp3) is 0.250. The van der Waals surface area contributed by atoms with Crippen LogP contribution in [0.15, 0.2) is 58.4 Å². The van der Waals surface area contributed by atoms with Crippen LogP contribution in [0.1, 0.15) is 22.9 Å². The second-order valence-corrected chi connectivity index (χ2v) is 9.42. The number of nitrogens with zero attached hydrogens (tertiary/aromatic N) is 4. The van der Waals surface area contributed by atoms with Crippen molar-refractivity contribution in [2.45, 2.75) is 26.4 Å². The first-order chi connectivity index (χ1) is 16.5. The van der Waals surface area contributed by atoms with Gasteiger partial charge in [-0.25, -0.2) is 14.2 Å². The molecule has 0 radical (unpaired) electrons. The minimum atomic E-state index is -0.440. The van der Waals surface area contributed by atoms with Crippen LogP contribution >= 0.6 is 22.9 Å². The molecule has 0 aliphatic carbocycles. The molecule has 0 bridgehead atoms. The lowest BCUT2D eigenvalue weighted by Gasteiger charge is -2.25. The van der Waals surface area contributed by atoms with Gasteiger partial charge in [0.2, 0.25) is 0 Å². The number of rotatable bonds is 4. The number of benzene rings is 1. The van der Waals surface area contributed by atoms with Crippen molar-refractivity contribution in [2.75, 3.05) is 13.2 Å². The fourth-order valence-electron chi connectivity index (χ4n) is 4.21. The van der Waals surface area contributed by atoms with Crippen molar-refractivity contribution in [3.05, 3.63) is 90.7 Å². The van der Waals surface area contributed by atoms with Crippen molar-refractivity contribution in [3.8, 4) is 5.69 Å². The van der Waals surface area contributed by atoms with E-state index in [1.807, 2.05) is 12.1 Å². The lowest BCUT2D eigenvalue weighted by molar-refractivity contribution is 0.103. The third-order valence-electron chi connectivity index (χ3n) is 5.80. The molecule has 174 valence electrons. The summed E-state index contributed by atoms with van der Waals surface area (Å²) in [6.45, 7) is 3.11. The van der Waals surface area contributed by atoms with Crippen LogP contribution in [0.4, 0.5) is 4.79 Å². The number of carbonyl (C=O) groups is 1. The molecule has 0 unspecified atom stereocenters. The maximum Gasteiger partial charge on any atom is 0.410 e. The molecule has 1 aromatic carbocycles. The number of ether oxygens (including phenoxy) is 1. The third kappa shape index (κ3) is 3.91. The van der Waals surface area contributed by atoms with Gasteiger partial charge in [0.15, 0.2) is 0 Å². The zero-order valence-electron chi connectivity index (χ0n) is 18.4. The molecule has 1 amide bonds. The Morgan fingerprint density at radius 1 is 1.21 bits per heavy atom. The van der Waals surface area contributed by atoms with Crippen molar-refractivity contribution >= 4 is 39.2 Å². The molecule has 10 heteroatoms. The van der Waals surface area contributed by atoms with E-state index in [2.05, 4.69) is 4.98 Å². The molecule has 0 saturated heterocycles. The summed E-state index contributed by atoms with van der Waals surface area (Å²) in [5.41, 5.74) is 1.36. The summed E-state index contributed by atoms with van der Waals surface area (Å²) in [4.78, 5) is 46.9. The molecule has 5 rings (SSSR count). The standard InChI is InChI=1S/C24H21ClN4O4S/c1-2-33-24(32)27-11-9-18-19(14-27)34-22-20(18)21(30)29(17-7-5-16(25)6-8-17)23(31)28(22)13-15-4-3-10-26-12-15/h3-8,10,12H,2,9,11,13-14H2,1H3. The maximum atomic E-state index is 13.7. The molecule has 34 heavy (non-hydrogen) atoms. The summed E-state index contributed by atoms with van der Waals surface area (Å²) in [6, 6.07) is 10.3. The van der Waals surface area contributed by atoms with Gasteiger partial charge in [0.1, 0.15) is 4.83 Å². The van der Waals surface area contributed by atoms with Crippen LogP contribution in [0.25, 0.3) is 15.9 Å². The van der Waals surface area contributed by atoms with E-state index in [0.717, 1.165) is 16.0 Å². The monoisotopic (exact) mass is 496 g/mol. The Hall–Kier alpha value is -3.43. The molecule has 4 heterocycles. The number of thiophene rings is 1. The molecular formula is C24H21ClN4O4S. The van der Waals surface area contributed by atoms with E-state index in [-0.39, 0.29) is 18.2 Å². The molecule has 0 N–H and O–H groups in total. The van der Waals surface area contributed by atoms with E-state index in [0.29, 0.717) is 47.0 Å². The SMILES string of the molecule is CCOC(=O)N1CCc2c(sc3c2c(=O)n(-c2ccc(Cl)cc2)c(=O)n3Cc2cccnc2)C1. The van der Waals surface area contributed by atoms with Gasteiger partial charge in [0, 0.05) is 28.8 Å². The van der Waals surface area contributed by atoms with Crippen LogP contribution < -0.4 is 11.2 Å². The highest BCUT2D eigenvalue weighted by Crippen LogP contribution is 2.33. The Kier molecular flexibility index (Phi) is 5.97. The van der Waals surface area contributed by atoms with Crippen molar-refractivity contribution in [2.24, 2.45) is 0 Å². The fourth-order valence-corrected chi connectivity index (χ4v) is 5.68. The summed E-state index contributed by atoms with van der Waals surface area (Å²) < 4.78 is 7.96. The number of hydrogen-bond donors (Lipinski definition) is 0. The van der Waals surface area contributed by atoms with Crippen LogP contribution in [-0.4, -0.2) is 38.3 Å². The number of amides is 1. The zero-order valence-corrected chi connectivity index (χ0v) is 19.9. The predicted octanol–water partition coefficient (Wildman–Crippen LogP) is 3.83. The minimum Gasteiger partial charge on any atom is -0.450 e. The largest absolute Gasteiger partial charge is 0.450 e. The Bertz CT molecular complexity index is 1490. The normalized spacial score (nSPS) is 13.2. The van der Waals surface area contributed by atoms with Crippen molar-refractivity contribution in [3.63, 3.8) is 0 Å². The van der Waals surface area contributed by atoms with E-state index >= 15 is 0 Å². The molecule has 0 saturated carbocycles. The van der Waals surface area contributed by atoms with Crippen LogP contribution in [0.5, 0.6) is 0 Å². The molecule has 3 aromatic heterocycles. The number of carbonyl (C=O) groups excluding carboxylic acids is 1. The Balaban J connectivity index is 1.73. The maximum absolute atomic E-state index is 13.7. The predicted molar refractivity (Wildman–Crippen MR) is 131 cm³/mol. The quantitative estimate of drug-likeness (QED) is 0.428. The van der Waals surface area contributed by atoms with Crippen molar-refractivity contribution in [1.29, 1.82) is 0 Å². The Morgan fingerprint density at radius 2 is 2.00 bits per heavy atom. The van der Waals surface area contributed by atoms with Gasteiger partial charge in [-0.15, -0.1) is 11.3 Å². The topological polar surface area (TPSA) is 86.4 Å². The average molecular weight is 497 g/mol. The molecule has 4 aromatic rings. The van der Waals surface area contributed by atoms with Crippen LogP contribution in [-0.2, 0) is 24.2 Å². The summed E-state index contributed by atoms with van der Waals surface area (Å²) in [5, 5.41) is 1.03. The van der Waals surface area contributed by atoms with E-state index < -0.39 is 5.69 Å². The number of halogens is 1. The van der Waals surface area contributed by atoms with Gasteiger partial charge in [-0.3, -0.25) is 14.3 Å². The summed E-state index contributed by atoms with van der Waals surface area (Å²) >= 11 is 7.41. The first kappa shape index (κ1) is 22.4. The smallest absolute Gasteiger partial charge is 0.410 e. The van der Waals surface area contributed by atoms with E-state index in [4.69, 9.17) is 16.3 Å². The second-order valence-electron chi connectivity index (χ2n) is 7.90. The highest BCUT2D eigenvalue weighted by Gasteiger charge is 2.29. The summed E-state index contributed by atoms with van der Waals surface area (Å²) in [6.07, 6.45) is 3.50. The molecule has 0 spiro atoms. The second kappa shape index (κ2) is 9.08. The Labute approximate surface area is 203 Å². The number of hydrogen-bond acceptors (Lipinski definition) is 6. The van der Waals surface area contributed by atoms with Gasteiger partial charge in [-0.05, 0) is 54.8 Å². The average Bonchev–Trinajstić information content (AvgIpc) is 3.23. The van der Waals surface area contributed by atoms with Gasteiger partial charge in [-0.2, -0.15) is 0 Å². The molecule has 0 atom stereocenters. The number of pyridine rings is 1. The minimum absolute atomic E-state index is 0.262. The van der Waals surface area contributed by atoms with Crippen LogP contribution in [0, 0.1) is 0 Å². The first-order valence-corrected chi connectivity index (χ1v) is 12.0. The number of aromatic nitrogens is 3. The third-order valence-corrected chi connectivity index (χ3v) is 7.29. The first-order valence-electron chi connectivity index (χ1n) is 10.8. The molecule has 1 aliphatic heterocycles. The lowest BCUT2D eigenvalue weighted by Crippen LogP contribution is -2.39. The molecular weight excluding hydrogens is 476 g/mol.